The average Bonchev–Trinajstić information content (AvgIpc) is 3.25. The summed E-state index contributed by atoms with van der Waals surface area (Å²) in [6, 6.07) is 0. The van der Waals surface area contributed by atoms with Gasteiger partial charge in [-0.15, -0.1) is 4.34 Å². The molecule has 0 aromatic carbocycles. The highest BCUT2D eigenvalue weighted by Crippen LogP contribution is 2.44. The molecule has 191 valence electrons. The molecule has 1 atom stereocenters. The van der Waals surface area contributed by atoms with Gasteiger partial charge in [0.05, 0.1) is 12.2 Å². The molecule has 6 nitrogen and oxygen atoms in total. The second kappa shape index (κ2) is 11.1. The molecule has 0 amide bonds. The van der Waals surface area contributed by atoms with Crippen molar-refractivity contribution in [2.45, 2.75) is 91.2 Å². The maximum atomic E-state index is 7.01. The third kappa shape index (κ3) is 4.57. The van der Waals surface area contributed by atoms with Crippen LogP contribution in [0.1, 0.15) is 6.42 Å². The number of hydrogen-bond donors (Lipinski definition) is 0. The molecule has 0 aromatic rings. The summed E-state index contributed by atoms with van der Waals surface area (Å²) in [6.45, 7) is 32.7. The van der Waals surface area contributed by atoms with Crippen LogP contribution in [0.2, 0.25) is 78.6 Å². The van der Waals surface area contributed by atoms with Crippen molar-refractivity contribution < 1.29 is 12.7 Å². The largest absolute Gasteiger partial charge is 0.345 e. The van der Waals surface area contributed by atoms with E-state index in [-0.39, 0.29) is 6.23 Å². The smallest absolute Gasteiger partial charge is 0.336 e. The van der Waals surface area contributed by atoms with Crippen LogP contribution in [0.25, 0.3) is 0 Å². The first kappa shape index (κ1) is 29.5. The minimum Gasteiger partial charge on any atom is -0.336 e. The Morgan fingerprint density at radius 2 is 1.18 bits per heavy atom. The summed E-state index contributed by atoms with van der Waals surface area (Å²) < 4.78 is 13.0. The fourth-order valence-electron chi connectivity index (χ4n) is 7.63. The van der Waals surface area contributed by atoms with Crippen molar-refractivity contribution in [3.8, 4) is 0 Å². The normalized spacial score (nSPS) is 20.7. The Kier molecular flexibility index (Phi) is 9.90. The number of ether oxygens (including phenoxy) is 1. The van der Waals surface area contributed by atoms with Crippen molar-refractivity contribution in [1.29, 1.82) is 0 Å². The predicted molar refractivity (Wildman–Crippen MR) is 162 cm³/mol. The lowest BCUT2D eigenvalue weighted by Gasteiger charge is -2.66. The predicted octanol–water partition coefficient (Wildman–Crippen LogP) is 2.80. The highest BCUT2D eigenvalue weighted by molar-refractivity contribution is 6.75. The van der Waals surface area contributed by atoms with Crippen molar-refractivity contribution in [2.75, 3.05) is 20.7 Å². The summed E-state index contributed by atoms with van der Waals surface area (Å²) in [7, 11) is -2.29. The van der Waals surface area contributed by atoms with E-state index in [0.29, 0.717) is 0 Å². The molecule has 0 N–H and O–H groups in total. The highest BCUT2D eigenvalue weighted by atomic mass is 28.4. The first-order chi connectivity index (χ1) is 15.2. The second-order valence-electron chi connectivity index (χ2n) is 11.8. The number of quaternary nitrogens is 2. The van der Waals surface area contributed by atoms with E-state index in [1.165, 1.54) is 13.8 Å². The van der Waals surface area contributed by atoms with Crippen LogP contribution in [0.4, 0.5) is 0 Å². The molecule has 0 saturated carbocycles. The van der Waals surface area contributed by atoms with E-state index in [9.17, 15) is 0 Å². The summed E-state index contributed by atoms with van der Waals surface area (Å²) in [5.41, 5.74) is 1.58. The van der Waals surface area contributed by atoms with Crippen LogP contribution in [-0.2, 0) is 4.74 Å². The second-order valence-corrected chi connectivity index (χ2v) is 30.9. The first-order valence-electron chi connectivity index (χ1n) is 13.2. The molecule has 0 spiro atoms. The highest BCUT2D eigenvalue weighted by Gasteiger charge is 2.71. The molecule has 1 saturated heterocycles. The molecule has 0 aromatic heterocycles. The number of rotatable bonds is 9. The lowest BCUT2D eigenvalue weighted by molar-refractivity contribution is -1.35. The van der Waals surface area contributed by atoms with Crippen molar-refractivity contribution >= 4 is 53.7 Å². The van der Waals surface area contributed by atoms with Gasteiger partial charge in [-0.3, -0.25) is 0 Å². The quantitative estimate of drug-likeness (QED) is 0.319. The van der Waals surface area contributed by atoms with Gasteiger partial charge in [-0.05, 0) is 78.6 Å². The zero-order valence-electron chi connectivity index (χ0n) is 24.3. The molecule has 2 aliphatic rings. The van der Waals surface area contributed by atoms with Crippen LogP contribution in [0, 0.1) is 0 Å². The van der Waals surface area contributed by atoms with Crippen LogP contribution < -0.4 is 4.34 Å². The topological polar surface area (TPSA) is 21.6 Å². The van der Waals surface area contributed by atoms with Crippen LogP contribution in [-0.4, -0.2) is 98.4 Å². The molecule has 2 aliphatic heterocycles. The number of nitrogens with zero attached hydrogens (tertiary/aromatic N) is 5. The average molecular weight is 562 g/mol. The molecule has 33 heavy (non-hydrogen) atoms. The molecule has 1 unspecified atom stereocenters. The fourth-order valence-corrected chi connectivity index (χ4v) is 43.3. The van der Waals surface area contributed by atoms with Crippen LogP contribution in [0.5, 0.6) is 0 Å². The fraction of sp³-hybridized carbons (Fsp3) is 0.810. The minimum absolute atomic E-state index is 0.232. The Morgan fingerprint density at radius 1 is 0.758 bits per heavy atom. The van der Waals surface area contributed by atoms with Gasteiger partial charge < -0.3 is 14.5 Å². The lowest BCUT2D eigenvalue weighted by Crippen LogP contribution is -2.96. The molecular weight excluding hydrogens is 507 g/mol. The van der Waals surface area contributed by atoms with Gasteiger partial charge in [0.2, 0.25) is 6.23 Å². The van der Waals surface area contributed by atoms with Crippen LogP contribution in [0.15, 0.2) is 23.8 Å². The summed E-state index contributed by atoms with van der Waals surface area (Å²) in [4.78, 5) is 4.69. The van der Waals surface area contributed by atoms with Crippen LogP contribution in [0.3, 0.4) is 0 Å². The van der Waals surface area contributed by atoms with Gasteiger partial charge in [0.1, 0.15) is 5.82 Å². The molecule has 1 fully saturated rings. The Labute approximate surface area is 215 Å². The van der Waals surface area contributed by atoms with Gasteiger partial charge in [0, 0.05) is 32.9 Å². The van der Waals surface area contributed by atoms with E-state index in [1.54, 1.807) is 5.57 Å². The molecule has 0 bridgehead atoms. The van der Waals surface area contributed by atoms with E-state index in [2.05, 4.69) is 119 Å². The van der Waals surface area contributed by atoms with Crippen molar-refractivity contribution in [2.24, 2.45) is 0 Å². The third-order valence-corrected chi connectivity index (χ3v) is 32.6. The van der Waals surface area contributed by atoms with Gasteiger partial charge >= 0.3 is 35.8 Å². The monoisotopic (exact) mass is 561 g/mol. The molecule has 12 heteroatoms. The van der Waals surface area contributed by atoms with E-state index >= 15 is 0 Å². The maximum absolute atomic E-state index is 7.01. The van der Waals surface area contributed by atoms with E-state index in [0.717, 1.165) is 13.0 Å². The Balaban J connectivity index is 3.01. The molecule has 1 radical (unpaired) electrons. The van der Waals surface area contributed by atoms with Gasteiger partial charge in [-0.1, -0.05) is 0 Å². The van der Waals surface area contributed by atoms with E-state index in [1.807, 2.05) is 0 Å². The third-order valence-electron chi connectivity index (χ3n) is 7.95. The van der Waals surface area contributed by atoms with Crippen molar-refractivity contribution in [1.82, 2.24) is 14.1 Å². The summed E-state index contributed by atoms with van der Waals surface area (Å²) in [6.07, 6.45) is 5.75. The zero-order valence-corrected chi connectivity index (χ0v) is 31.2. The van der Waals surface area contributed by atoms with Crippen LogP contribution >= 0.6 is 0 Å². The molecule has 2 rings (SSSR count). The Morgan fingerprint density at radius 3 is 1.52 bits per heavy atom. The molecule has 0 aliphatic carbocycles. The molecule has 2 heterocycles. The van der Waals surface area contributed by atoms with Gasteiger partial charge in [0.25, 0.3) is 17.9 Å². The Bertz CT molecular complexity index is 705. The first-order valence-corrected chi connectivity index (χ1v) is 30.2. The van der Waals surface area contributed by atoms with Gasteiger partial charge in [-0.2, -0.15) is 4.03 Å². The van der Waals surface area contributed by atoms with E-state index in [4.69, 9.17) is 4.74 Å². The standard InChI is InChI=1S/C21H55N5OSi6/c1-22-16-17-23(2)20(22)19-15-18-27-21(19)25(30(7)8,31(9)10)26(32(11)12,33(13)14)24(28(3)4)29(5)6/h16-17,21,28-33H,15,18H2,1-14H3/q+3. The Hall–Kier alpha value is 0.221. The van der Waals surface area contributed by atoms with Crippen molar-refractivity contribution in [3.63, 3.8) is 0 Å². The van der Waals surface area contributed by atoms with E-state index < -0.39 is 53.7 Å². The lowest BCUT2D eigenvalue weighted by atomic mass is 10.2. The minimum atomic E-state index is -1.20. The number of hydrogen-bond acceptors (Lipinski definition) is 4. The van der Waals surface area contributed by atoms with Gasteiger partial charge in [-0.25, -0.2) is 3.92 Å². The SMILES string of the molecule is CN1C=CN(C)C1=C1CCOC1[N+]([SiH](C)C)([SiH](C)C)[N+]([N+]([SiH](C)C)[SiH](C)C)([SiH](C)C)[SiH](C)C. The summed E-state index contributed by atoms with van der Waals surface area (Å²) in [5, 5.41) is 0. The molecular formula is C21H55N5OSi6+3. The summed E-state index contributed by atoms with van der Waals surface area (Å²) >= 11 is 0. The van der Waals surface area contributed by atoms with Gasteiger partial charge in [0.15, 0.2) is 0 Å². The summed E-state index contributed by atoms with van der Waals surface area (Å²) in [5.74, 6) is 1.38. The maximum Gasteiger partial charge on any atom is 0.345 e. The zero-order chi connectivity index (χ0) is 25.5. The van der Waals surface area contributed by atoms with Crippen molar-refractivity contribution in [3.05, 3.63) is 23.8 Å².